The Labute approximate surface area is 107 Å². The van der Waals surface area contributed by atoms with Crippen LogP contribution in [0.25, 0.3) is 0 Å². The summed E-state index contributed by atoms with van der Waals surface area (Å²) >= 11 is 0. The summed E-state index contributed by atoms with van der Waals surface area (Å²) in [7, 11) is 0. The molecule has 0 bridgehead atoms. The predicted octanol–water partition coefficient (Wildman–Crippen LogP) is 2.78. The van der Waals surface area contributed by atoms with Gasteiger partial charge in [0.15, 0.2) is 0 Å². The fraction of sp³-hybridized carbons (Fsp3) is 0.267. The zero-order chi connectivity index (χ0) is 12.5. The van der Waals surface area contributed by atoms with Gasteiger partial charge in [0.05, 0.1) is 5.69 Å². The monoisotopic (exact) mass is 240 g/mol. The van der Waals surface area contributed by atoms with E-state index in [1.807, 2.05) is 12.1 Å². The first kappa shape index (κ1) is 11.2. The summed E-state index contributed by atoms with van der Waals surface area (Å²) in [4.78, 5) is 4.43. The molecule has 1 atom stereocenters. The van der Waals surface area contributed by atoms with Crippen LogP contribution in [0.2, 0.25) is 0 Å². The summed E-state index contributed by atoms with van der Waals surface area (Å²) in [6.45, 7) is 2.65. The van der Waals surface area contributed by atoms with E-state index >= 15 is 0 Å². The molecule has 0 aliphatic carbocycles. The number of benzene rings is 1. The fourth-order valence-electron chi connectivity index (χ4n) is 2.40. The summed E-state index contributed by atoms with van der Waals surface area (Å²) < 4.78 is 6.00. The van der Waals surface area contributed by atoms with E-state index in [0.717, 1.165) is 23.6 Å². The van der Waals surface area contributed by atoms with Crippen molar-refractivity contribution in [3.05, 3.63) is 53.3 Å². The highest BCUT2D eigenvalue weighted by atomic mass is 16.5. The first-order valence-corrected chi connectivity index (χ1v) is 6.20. The third-order valence-corrected chi connectivity index (χ3v) is 3.38. The summed E-state index contributed by atoms with van der Waals surface area (Å²) in [5.41, 5.74) is 9.25. The van der Waals surface area contributed by atoms with Gasteiger partial charge in [-0.05, 0) is 42.7 Å². The highest BCUT2D eigenvalue weighted by molar-refractivity contribution is 5.46. The van der Waals surface area contributed by atoms with Crippen molar-refractivity contribution < 1.29 is 4.74 Å². The highest BCUT2D eigenvalue weighted by Gasteiger charge is 2.23. The van der Waals surface area contributed by atoms with Crippen LogP contribution in [0, 0.1) is 6.92 Å². The second-order valence-electron chi connectivity index (χ2n) is 4.74. The maximum atomic E-state index is 6.00. The van der Waals surface area contributed by atoms with E-state index in [2.05, 4.69) is 30.1 Å². The zero-order valence-electron chi connectivity index (χ0n) is 10.4. The Bertz CT molecular complexity index is 580. The molecule has 0 fully saturated rings. The molecular formula is C15H16N2O. The molecule has 3 nitrogen and oxygen atoms in total. The van der Waals surface area contributed by atoms with Crippen LogP contribution in [-0.4, -0.2) is 11.5 Å². The fourth-order valence-corrected chi connectivity index (χ4v) is 2.40. The van der Waals surface area contributed by atoms with Crippen molar-refractivity contribution in [3.63, 3.8) is 0 Å². The van der Waals surface area contributed by atoms with E-state index in [0.29, 0.717) is 6.54 Å². The predicted molar refractivity (Wildman–Crippen MR) is 71.0 cm³/mol. The van der Waals surface area contributed by atoms with Crippen molar-refractivity contribution in [2.75, 3.05) is 6.54 Å². The highest BCUT2D eigenvalue weighted by Crippen LogP contribution is 2.37. The second kappa shape index (κ2) is 4.42. The van der Waals surface area contributed by atoms with Crippen molar-refractivity contribution in [2.24, 2.45) is 5.73 Å². The molecule has 0 saturated heterocycles. The van der Waals surface area contributed by atoms with E-state index in [-0.39, 0.29) is 5.92 Å². The Morgan fingerprint density at radius 2 is 2.22 bits per heavy atom. The van der Waals surface area contributed by atoms with Crippen molar-refractivity contribution in [2.45, 2.75) is 19.3 Å². The van der Waals surface area contributed by atoms with Crippen LogP contribution >= 0.6 is 0 Å². The molecule has 1 aromatic heterocycles. The number of hydrogen-bond donors (Lipinski definition) is 1. The minimum absolute atomic E-state index is 0.227. The number of aryl methyl sites for hydroxylation is 1. The number of pyridine rings is 1. The molecule has 1 aliphatic rings. The molecule has 2 aromatic rings. The van der Waals surface area contributed by atoms with Gasteiger partial charge in [-0.2, -0.15) is 0 Å². The lowest BCUT2D eigenvalue weighted by Gasteiger charge is -2.12. The number of ether oxygens (including phenoxy) is 1. The quantitative estimate of drug-likeness (QED) is 0.833. The SMILES string of the molecule is Cc1ccc2c(c1)Oc1cccnc1[C@@H](CN)C2. The van der Waals surface area contributed by atoms with Gasteiger partial charge < -0.3 is 10.5 Å². The third kappa shape index (κ3) is 1.87. The van der Waals surface area contributed by atoms with Crippen molar-refractivity contribution in [1.29, 1.82) is 0 Å². The van der Waals surface area contributed by atoms with Crippen LogP contribution in [0.15, 0.2) is 36.5 Å². The molecule has 1 aromatic carbocycles. The molecule has 0 radical (unpaired) electrons. The molecule has 0 saturated carbocycles. The number of rotatable bonds is 1. The van der Waals surface area contributed by atoms with E-state index in [1.54, 1.807) is 6.20 Å². The van der Waals surface area contributed by atoms with Gasteiger partial charge in [-0.1, -0.05) is 12.1 Å². The second-order valence-corrected chi connectivity index (χ2v) is 4.74. The van der Waals surface area contributed by atoms with Gasteiger partial charge in [-0.25, -0.2) is 0 Å². The smallest absolute Gasteiger partial charge is 0.149 e. The van der Waals surface area contributed by atoms with Gasteiger partial charge in [-0.3, -0.25) is 4.98 Å². The molecule has 1 aliphatic heterocycles. The number of fused-ring (bicyclic) bond motifs is 2. The molecule has 2 N–H and O–H groups in total. The van der Waals surface area contributed by atoms with Crippen LogP contribution in [0.5, 0.6) is 11.5 Å². The maximum Gasteiger partial charge on any atom is 0.149 e. The normalized spacial score (nSPS) is 17.3. The molecule has 0 amide bonds. The van der Waals surface area contributed by atoms with Crippen LogP contribution in [0.3, 0.4) is 0 Å². The van der Waals surface area contributed by atoms with Crippen LogP contribution in [-0.2, 0) is 6.42 Å². The third-order valence-electron chi connectivity index (χ3n) is 3.38. The lowest BCUT2D eigenvalue weighted by molar-refractivity contribution is 0.474. The number of nitrogens with two attached hydrogens (primary N) is 1. The van der Waals surface area contributed by atoms with Crippen LogP contribution < -0.4 is 10.5 Å². The van der Waals surface area contributed by atoms with Crippen molar-refractivity contribution in [1.82, 2.24) is 4.98 Å². The van der Waals surface area contributed by atoms with Crippen molar-refractivity contribution in [3.8, 4) is 11.5 Å². The van der Waals surface area contributed by atoms with Crippen LogP contribution in [0.1, 0.15) is 22.7 Å². The number of hydrogen-bond acceptors (Lipinski definition) is 3. The Hall–Kier alpha value is -1.87. The number of nitrogens with zero attached hydrogens (tertiary/aromatic N) is 1. The van der Waals surface area contributed by atoms with E-state index in [1.165, 1.54) is 11.1 Å². The van der Waals surface area contributed by atoms with Gasteiger partial charge in [-0.15, -0.1) is 0 Å². The minimum atomic E-state index is 0.227. The summed E-state index contributed by atoms with van der Waals surface area (Å²) in [6.07, 6.45) is 2.68. The summed E-state index contributed by atoms with van der Waals surface area (Å²) in [6, 6.07) is 10.2. The maximum absolute atomic E-state index is 6.00. The average Bonchev–Trinajstić information content (AvgIpc) is 2.54. The first-order valence-electron chi connectivity index (χ1n) is 6.20. The minimum Gasteiger partial charge on any atom is -0.455 e. The molecule has 18 heavy (non-hydrogen) atoms. The molecular weight excluding hydrogens is 224 g/mol. The van der Waals surface area contributed by atoms with Gasteiger partial charge in [0.25, 0.3) is 0 Å². The lowest BCUT2D eigenvalue weighted by Crippen LogP contribution is -2.15. The average molecular weight is 240 g/mol. The number of aromatic nitrogens is 1. The summed E-state index contributed by atoms with van der Waals surface area (Å²) in [5.74, 6) is 1.99. The van der Waals surface area contributed by atoms with E-state index < -0.39 is 0 Å². The molecule has 0 unspecified atom stereocenters. The van der Waals surface area contributed by atoms with Crippen molar-refractivity contribution >= 4 is 0 Å². The lowest BCUT2D eigenvalue weighted by atomic mass is 9.95. The molecule has 2 heterocycles. The van der Waals surface area contributed by atoms with Gasteiger partial charge >= 0.3 is 0 Å². The van der Waals surface area contributed by atoms with E-state index in [9.17, 15) is 0 Å². The molecule has 3 heteroatoms. The van der Waals surface area contributed by atoms with Crippen LogP contribution in [0.4, 0.5) is 0 Å². The Balaban J connectivity index is 2.13. The largest absolute Gasteiger partial charge is 0.455 e. The Morgan fingerprint density at radius 1 is 1.33 bits per heavy atom. The molecule has 3 rings (SSSR count). The standard InChI is InChI=1S/C15H16N2O/c1-10-4-5-11-8-12(9-16)15-13(3-2-6-17-15)18-14(11)7-10/h2-7,12H,8-9,16H2,1H3/t12-/m1/s1. The van der Waals surface area contributed by atoms with Gasteiger partial charge in [0.2, 0.25) is 0 Å². The summed E-state index contributed by atoms with van der Waals surface area (Å²) in [5, 5.41) is 0. The zero-order valence-corrected chi connectivity index (χ0v) is 10.4. The molecule has 92 valence electrons. The Morgan fingerprint density at radius 3 is 3.06 bits per heavy atom. The molecule has 0 spiro atoms. The Kier molecular flexibility index (Phi) is 2.76. The first-order chi connectivity index (χ1) is 8.78. The topological polar surface area (TPSA) is 48.1 Å². The van der Waals surface area contributed by atoms with E-state index in [4.69, 9.17) is 10.5 Å². The van der Waals surface area contributed by atoms with Gasteiger partial charge in [0.1, 0.15) is 11.5 Å². The van der Waals surface area contributed by atoms with Gasteiger partial charge in [0, 0.05) is 18.7 Å².